The molecule has 1 aliphatic rings. The van der Waals surface area contributed by atoms with Crippen molar-refractivity contribution in [3.8, 4) is 0 Å². The van der Waals surface area contributed by atoms with Crippen LogP contribution in [0.15, 0.2) is 42.5 Å². The van der Waals surface area contributed by atoms with Crippen molar-refractivity contribution in [2.45, 2.75) is 32.8 Å². The summed E-state index contributed by atoms with van der Waals surface area (Å²) in [6.07, 6.45) is 0.401. The fourth-order valence-electron chi connectivity index (χ4n) is 3.00. The number of benzene rings is 2. The van der Waals surface area contributed by atoms with Gasteiger partial charge in [0.25, 0.3) is 17.7 Å². The molecule has 0 unspecified atom stereocenters. The molecule has 1 heterocycles. The molecule has 0 saturated heterocycles. The van der Waals surface area contributed by atoms with E-state index in [2.05, 4.69) is 5.32 Å². The van der Waals surface area contributed by atoms with E-state index in [0.29, 0.717) is 18.7 Å². The minimum atomic E-state index is -1.13. The van der Waals surface area contributed by atoms with Crippen molar-refractivity contribution >= 4 is 29.4 Å². The number of imide groups is 1. The molecule has 3 amide bonds. The number of esters is 1. The summed E-state index contributed by atoms with van der Waals surface area (Å²) in [5, 5.41) is 2.52. The predicted octanol–water partition coefficient (Wildman–Crippen LogP) is 3.41. The minimum absolute atomic E-state index is 0.0636. The third-order valence-electron chi connectivity index (χ3n) is 4.71. The molecule has 1 aliphatic heterocycles. The third kappa shape index (κ3) is 4.37. The Hall–Kier alpha value is -3.55. The lowest BCUT2D eigenvalue weighted by atomic mass is 10.1. The van der Waals surface area contributed by atoms with Crippen molar-refractivity contribution in [1.82, 2.24) is 4.90 Å². The number of amides is 3. The first-order valence-electron chi connectivity index (χ1n) is 9.59. The fourth-order valence-corrected chi connectivity index (χ4v) is 3.00. The molecule has 0 fully saturated rings. The van der Waals surface area contributed by atoms with Gasteiger partial charge in [0.1, 0.15) is 5.82 Å². The Morgan fingerprint density at radius 3 is 2.40 bits per heavy atom. The van der Waals surface area contributed by atoms with Gasteiger partial charge in [0, 0.05) is 12.2 Å². The normalized spacial score (nSPS) is 13.8. The van der Waals surface area contributed by atoms with Crippen LogP contribution in [0.25, 0.3) is 0 Å². The second-order valence-corrected chi connectivity index (χ2v) is 6.92. The molecule has 0 spiro atoms. The van der Waals surface area contributed by atoms with Crippen molar-refractivity contribution in [1.29, 1.82) is 0 Å². The Bertz CT molecular complexity index is 1000. The molecule has 156 valence electrons. The van der Waals surface area contributed by atoms with Gasteiger partial charge < -0.3 is 10.1 Å². The monoisotopic (exact) mass is 412 g/mol. The zero-order chi connectivity index (χ0) is 21.8. The molecule has 7 nitrogen and oxygen atoms in total. The van der Waals surface area contributed by atoms with Gasteiger partial charge in [-0.1, -0.05) is 13.3 Å². The largest absolute Gasteiger partial charge is 0.449 e. The number of nitrogens with zero attached hydrogens (tertiary/aromatic N) is 1. The summed E-state index contributed by atoms with van der Waals surface area (Å²) < 4.78 is 18.1. The molecule has 2 aromatic rings. The molecular formula is C22H21FN2O5. The number of anilines is 1. The third-order valence-corrected chi connectivity index (χ3v) is 4.71. The van der Waals surface area contributed by atoms with Crippen LogP contribution in [0.3, 0.4) is 0 Å². The molecule has 0 saturated carbocycles. The molecular weight excluding hydrogens is 391 g/mol. The summed E-state index contributed by atoms with van der Waals surface area (Å²) in [7, 11) is 0. The standard InChI is InChI=1S/C22H21FN2O5/c1-3-4-11-25-20(27)17-10-5-14(12-18(17)21(25)28)22(29)30-13(2)19(26)24-16-8-6-15(23)7-9-16/h5-10,12-13H,3-4,11H2,1-2H3,(H,24,26)/t13-/m1/s1. The number of hydrogen-bond acceptors (Lipinski definition) is 5. The van der Waals surface area contributed by atoms with Crippen molar-refractivity contribution in [2.24, 2.45) is 0 Å². The maximum atomic E-state index is 12.9. The van der Waals surface area contributed by atoms with Crippen molar-refractivity contribution in [3.05, 3.63) is 65.0 Å². The van der Waals surface area contributed by atoms with E-state index >= 15 is 0 Å². The lowest BCUT2D eigenvalue weighted by Gasteiger charge is -2.14. The zero-order valence-corrected chi connectivity index (χ0v) is 16.6. The number of carbonyl (C=O) groups excluding carboxylic acids is 4. The van der Waals surface area contributed by atoms with E-state index in [9.17, 15) is 23.6 Å². The van der Waals surface area contributed by atoms with Gasteiger partial charge in [0.15, 0.2) is 6.10 Å². The molecule has 3 rings (SSSR count). The molecule has 0 radical (unpaired) electrons. The number of fused-ring (bicyclic) bond motifs is 1. The van der Waals surface area contributed by atoms with Crippen LogP contribution in [0.4, 0.5) is 10.1 Å². The van der Waals surface area contributed by atoms with Gasteiger partial charge in [-0.15, -0.1) is 0 Å². The van der Waals surface area contributed by atoms with Crippen LogP contribution in [0.2, 0.25) is 0 Å². The van der Waals surface area contributed by atoms with Crippen LogP contribution < -0.4 is 5.32 Å². The highest BCUT2D eigenvalue weighted by Gasteiger charge is 2.35. The van der Waals surface area contributed by atoms with Crippen molar-refractivity contribution in [3.63, 3.8) is 0 Å². The fraction of sp³-hybridized carbons (Fsp3) is 0.273. The molecule has 1 atom stereocenters. The van der Waals surface area contributed by atoms with Crippen LogP contribution >= 0.6 is 0 Å². The van der Waals surface area contributed by atoms with E-state index in [0.717, 1.165) is 6.42 Å². The topological polar surface area (TPSA) is 92.8 Å². The summed E-state index contributed by atoms with van der Waals surface area (Å²) >= 11 is 0. The maximum Gasteiger partial charge on any atom is 0.338 e. The van der Waals surface area contributed by atoms with E-state index in [4.69, 9.17) is 4.74 Å². The summed E-state index contributed by atoms with van der Waals surface area (Å²) in [5.41, 5.74) is 0.815. The molecule has 2 aromatic carbocycles. The first-order chi connectivity index (χ1) is 14.3. The average molecular weight is 412 g/mol. The zero-order valence-electron chi connectivity index (χ0n) is 16.6. The van der Waals surface area contributed by atoms with E-state index in [1.165, 1.54) is 54.3 Å². The Labute approximate surface area is 172 Å². The number of carbonyl (C=O) groups is 4. The van der Waals surface area contributed by atoms with Crippen LogP contribution in [0, 0.1) is 5.82 Å². The first kappa shape index (κ1) is 21.2. The van der Waals surface area contributed by atoms with Gasteiger partial charge in [0.05, 0.1) is 16.7 Å². The molecule has 0 bridgehead atoms. The van der Waals surface area contributed by atoms with Crippen molar-refractivity contribution < 1.29 is 28.3 Å². The number of hydrogen-bond donors (Lipinski definition) is 1. The number of halogens is 1. The van der Waals surface area contributed by atoms with Crippen LogP contribution in [0.5, 0.6) is 0 Å². The second kappa shape index (κ2) is 8.86. The van der Waals surface area contributed by atoms with Gasteiger partial charge in [-0.05, 0) is 55.8 Å². The van der Waals surface area contributed by atoms with E-state index in [-0.39, 0.29) is 22.6 Å². The average Bonchev–Trinajstić information content (AvgIpc) is 2.97. The summed E-state index contributed by atoms with van der Waals surface area (Å²) in [4.78, 5) is 50.7. The number of unbranched alkanes of at least 4 members (excludes halogenated alkanes) is 1. The van der Waals surface area contributed by atoms with Crippen molar-refractivity contribution in [2.75, 3.05) is 11.9 Å². The predicted molar refractivity (Wildman–Crippen MR) is 107 cm³/mol. The van der Waals surface area contributed by atoms with Gasteiger partial charge in [-0.2, -0.15) is 0 Å². The second-order valence-electron chi connectivity index (χ2n) is 6.92. The first-order valence-corrected chi connectivity index (χ1v) is 9.59. The molecule has 0 aliphatic carbocycles. The highest BCUT2D eigenvalue weighted by molar-refractivity contribution is 6.22. The molecule has 1 N–H and O–H groups in total. The smallest absolute Gasteiger partial charge is 0.338 e. The van der Waals surface area contributed by atoms with E-state index in [1.807, 2.05) is 6.92 Å². The lowest BCUT2D eigenvalue weighted by molar-refractivity contribution is -0.123. The number of rotatable bonds is 7. The Kier molecular flexibility index (Phi) is 6.25. The lowest BCUT2D eigenvalue weighted by Crippen LogP contribution is -2.30. The number of nitrogens with one attached hydrogen (secondary N) is 1. The highest BCUT2D eigenvalue weighted by atomic mass is 19.1. The van der Waals surface area contributed by atoms with Crippen LogP contribution in [-0.4, -0.2) is 41.2 Å². The maximum absolute atomic E-state index is 12.9. The Balaban J connectivity index is 1.67. The number of ether oxygens (including phenoxy) is 1. The van der Waals surface area contributed by atoms with Crippen LogP contribution in [-0.2, 0) is 9.53 Å². The van der Waals surface area contributed by atoms with Gasteiger partial charge in [-0.25, -0.2) is 9.18 Å². The van der Waals surface area contributed by atoms with Gasteiger partial charge in [-0.3, -0.25) is 19.3 Å². The molecule has 8 heteroatoms. The van der Waals surface area contributed by atoms with Crippen LogP contribution in [0.1, 0.15) is 57.8 Å². The van der Waals surface area contributed by atoms with E-state index < -0.39 is 29.7 Å². The van der Waals surface area contributed by atoms with E-state index in [1.54, 1.807) is 0 Å². The Morgan fingerprint density at radius 2 is 1.73 bits per heavy atom. The van der Waals surface area contributed by atoms with Gasteiger partial charge in [0.2, 0.25) is 0 Å². The molecule has 30 heavy (non-hydrogen) atoms. The molecule has 0 aromatic heterocycles. The quantitative estimate of drug-likeness (QED) is 0.556. The minimum Gasteiger partial charge on any atom is -0.449 e. The highest BCUT2D eigenvalue weighted by Crippen LogP contribution is 2.25. The summed E-state index contributed by atoms with van der Waals surface area (Å²) in [6, 6.07) is 9.28. The summed E-state index contributed by atoms with van der Waals surface area (Å²) in [6.45, 7) is 3.67. The Morgan fingerprint density at radius 1 is 1.07 bits per heavy atom. The van der Waals surface area contributed by atoms with Gasteiger partial charge >= 0.3 is 5.97 Å². The summed E-state index contributed by atoms with van der Waals surface area (Å²) in [5.74, 6) is -2.65. The SMILES string of the molecule is CCCCN1C(=O)c2ccc(C(=O)O[C@H](C)C(=O)Nc3ccc(F)cc3)cc2C1=O.